The van der Waals surface area contributed by atoms with Crippen molar-refractivity contribution in [3.05, 3.63) is 41.3 Å². The molecule has 1 heterocycles. The molecule has 0 aliphatic rings. The quantitative estimate of drug-likeness (QED) is 0.788. The van der Waals surface area contributed by atoms with E-state index in [1.807, 2.05) is 24.3 Å². The molecule has 6 heteroatoms. The average Bonchev–Trinajstić information content (AvgIpc) is 2.45. The molecule has 2 aromatic rings. The highest BCUT2D eigenvalue weighted by Crippen LogP contribution is 2.30. The molecule has 19 heavy (non-hydrogen) atoms. The normalized spacial score (nSPS) is 10.1. The van der Waals surface area contributed by atoms with Gasteiger partial charge in [0.2, 0.25) is 5.75 Å². The van der Waals surface area contributed by atoms with Gasteiger partial charge in [-0.2, -0.15) is 4.98 Å². The van der Waals surface area contributed by atoms with Crippen molar-refractivity contribution >= 4 is 11.6 Å². The van der Waals surface area contributed by atoms with Crippen molar-refractivity contribution in [1.29, 1.82) is 0 Å². The standard InChI is InChI=1S/C13H13ClN2O3/c1-17-10-5-3-9(4-6-10)7-19-13-11(18-2)12(14)15-8-16-13/h3-6,8H,7H2,1-2H3. The highest BCUT2D eigenvalue weighted by Gasteiger charge is 2.11. The van der Waals surface area contributed by atoms with Crippen LogP contribution in [-0.2, 0) is 6.61 Å². The maximum absolute atomic E-state index is 5.88. The van der Waals surface area contributed by atoms with Crippen molar-refractivity contribution in [2.24, 2.45) is 0 Å². The Balaban J connectivity index is 2.07. The van der Waals surface area contributed by atoms with Crippen molar-refractivity contribution in [1.82, 2.24) is 9.97 Å². The molecule has 0 saturated heterocycles. The lowest BCUT2D eigenvalue weighted by Crippen LogP contribution is -2.01. The van der Waals surface area contributed by atoms with Crippen LogP contribution in [0.5, 0.6) is 17.4 Å². The van der Waals surface area contributed by atoms with E-state index in [-0.39, 0.29) is 5.15 Å². The predicted octanol–water partition coefficient (Wildman–Crippen LogP) is 2.73. The molecule has 0 saturated carbocycles. The van der Waals surface area contributed by atoms with Crippen LogP contribution in [0.25, 0.3) is 0 Å². The van der Waals surface area contributed by atoms with E-state index in [1.54, 1.807) is 7.11 Å². The van der Waals surface area contributed by atoms with Crippen molar-refractivity contribution in [3.8, 4) is 17.4 Å². The van der Waals surface area contributed by atoms with Crippen LogP contribution < -0.4 is 14.2 Å². The lowest BCUT2D eigenvalue weighted by molar-refractivity contribution is 0.271. The second kappa shape index (κ2) is 6.24. The van der Waals surface area contributed by atoms with Crippen LogP contribution in [0.15, 0.2) is 30.6 Å². The molecule has 0 bridgehead atoms. The highest BCUT2D eigenvalue weighted by molar-refractivity contribution is 6.31. The van der Waals surface area contributed by atoms with E-state index in [9.17, 15) is 0 Å². The molecular formula is C13H13ClN2O3. The molecule has 0 radical (unpaired) electrons. The first-order valence-corrected chi connectivity index (χ1v) is 5.92. The third-order valence-corrected chi connectivity index (χ3v) is 2.74. The van der Waals surface area contributed by atoms with Gasteiger partial charge in [-0.25, -0.2) is 4.98 Å². The third kappa shape index (κ3) is 3.26. The summed E-state index contributed by atoms with van der Waals surface area (Å²) in [5.74, 6) is 1.45. The van der Waals surface area contributed by atoms with Gasteiger partial charge in [0, 0.05) is 0 Å². The number of benzene rings is 1. The van der Waals surface area contributed by atoms with E-state index in [0.29, 0.717) is 18.2 Å². The Kier molecular flexibility index (Phi) is 4.41. The Labute approximate surface area is 116 Å². The zero-order valence-corrected chi connectivity index (χ0v) is 11.3. The summed E-state index contributed by atoms with van der Waals surface area (Å²) in [5.41, 5.74) is 0.984. The van der Waals surface area contributed by atoms with Crippen molar-refractivity contribution in [2.75, 3.05) is 14.2 Å². The fourth-order valence-electron chi connectivity index (χ4n) is 1.49. The number of halogens is 1. The van der Waals surface area contributed by atoms with E-state index in [1.165, 1.54) is 13.4 Å². The molecule has 1 aromatic heterocycles. The Bertz CT molecular complexity index is 546. The number of hydrogen-bond acceptors (Lipinski definition) is 5. The zero-order chi connectivity index (χ0) is 13.7. The molecule has 5 nitrogen and oxygen atoms in total. The molecule has 100 valence electrons. The maximum Gasteiger partial charge on any atom is 0.262 e. The smallest absolute Gasteiger partial charge is 0.262 e. The first-order valence-electron chi connectivity index (χ1n) is 5.55. The second-order valence-electron chi connectivity index (χ2n) is 3.64. The minimum Gasteiger partial charge on any atom is -0.497 e. The van der Waals surface area contributed by atoms with E-state index in [4.69, 9.17) is 25.8 Å². The monoisotopic (exact) mass is 280 g/mol. The molecule has 0 aliphatic carbocycles. The maximum atomic E-state index is 5.88. The summed E-state index contributed by atoms with van der Waals surface area (Å²) in [6.07, 6.45) is 1.33. The van der Waals surface area contributed by atoms with Crippen LogP contribution in [0, 0.1) is 0 Å². The number of nitrogens with zero attached hydrogens (tertiary/aromatic N) is 2. The molecule has 0 aliphatic heterocycles. The Morgan fingerprint density at radius 1 is 1.05 bits per heavy atom. The molecule has 2 rings (SSSR count). The van der Waals surface area contributed by atoms with Crippen LogP contribution in [0.3, 0.4) is 0 Å². The Morgan fingerprint density at radius 2 is 1.79 bits per heavy atom. The first kappa shape index (κ1) is 13.4. The summed E-state index contributed by atoms with van der Waals surface area (Å²) in [5, 5.41) is 0.224. The first-order chi connectivity index (χ1) is 9.24. The predicted molar refractivity (Wildman–Crippen MR) is 70.9 cm³/mol. The van der Waals surface area contributed by atoms with E-state index in [2.05, 4.69) is 9.97 Å². The SMILES string of the molecule is COc1ccc(COc2ncnc(Cl)c2OC)cc1. The number of aromatic nitrogens is 2. The molecule has 0 N–H and O–H groups in total. The van der Waals surface area contributed by atoms with Gasteiger partial charge in [-0.15, -0.1) is 0 Å². The number of hydrogen-bond donors (Lipinski definition) is 0. The van der Waals surface area contributed by atoms with Gasteiger partial charge in [-0.3, -0.25) is 0 Å². The van der Waals surface area contributed by atoms with Gasteiger partial charge in [0.1, 0.15) is 18.7 Å². The van der Waals surface area contributed by atoms with Crippen LogP contribution in [0.2, 0.25) is 5.15 Å². The minimum absolute atomic E-state index is 0.224. The van der Waals surface area contributed by atoms with Crippen LogP contribution in [0.4, 0.5) is 0 Å². The van der Waals surface area contributed by atoms with Gasteiger partial charge in [0.05, 0.1) is 14.2 Å². The van der Waals surface area contributed by atoms with Crippen LogP contribution in [-0.4, -0.2) is 24.2 Å². The Hall–Kier alpha value is -2.01. The molecule has 0 amide bonds. The zero-order valence-electron chi connectivity index (χ0n) is 10.6. The van der Waals surface area contributed by atoms with E-state index >= 15 is 0 Å². The van der Waals surface area contributed by atoms with Crippen molar-refractivity contribution in [3.63, 3.8) is 0 Å². The van der Waals surface area contributed by atoms with Crippen molar-refractivity contribution in [2.45, 2.75) is 6.61 Å². The summed E-state index contributed by atoms with van der Waals surface area (Å²) < 4.78 is 15.8. The average molecular weight is 281 g/mol. The lowest BCUT2D eigenvalue weighted by Gasteiger charge is -2.10. The molecule has 1 aromatic carbocycles. The van der Waals surface area contributed by atoms with Gasteiger partial charge in [-0.05, 0) is 17.7 Å². The van der Waals surface area contributed by atoms with E-state index in [0.717, 1.165) is 11.3 Å². The summed E-state index contributed by atoms with van der Waals surface area (Å²) >= 11 is 5.88. The van der Waals surface area contributed by atoms with Crippen LogP contribution in [0.1, 0.15) is 5.56 Å². The van der Waals surface area contributed by atoms with Gasteiger partial charge in [0.15, 0.2) is 5.15 Å². The fourth-order valence-corrected chi connectivity index (χ4v) is 1.69. The topological polar surface area (TPSA) is 53.5 Å². The van der Waals surface area contributed by atoms with Gasteiger partial charge in [0.25, 0.3) is 5.88 Å². The number of rotatable bonds is 5. The van der Waals surface area contributed by atoms with Gasteiger partial charge < -0.3 is 14.2 Å². The number of ether oxygens (including phenoxy) is 3. The largest absolute Gasteiger partial charge is 0.497 e. The molecular weight excluding hydrogens is 268 g/mol. The molecule has 0 unspecified atom stereocenters. The van der Waals surface area contributed by atoms with Gasteiger partial charge >= 0.3 is 0 Å². The summed E-state index contributed by atoms with van der Waals surface area (Å²) in [6, 6.07) is 7.55. The third-order valence-electron chi connectivity index (χ3n) is 2.47. The summed E-state index contributed by atoms with van der Waals surface area (Å²) in [6.45, 7) is 0.355. The molecule has 0 spiro atoms. The fraction of sp³-hybridized carbons (Fsp3) is 0.231. The van der Waals surface area contributed by atoms with Crippen LogP contribution >= 0.6 is 11.6 Å². The minimum atomic E-state index is 0.224. The summed E-state index contributed by atoms with van der Waals surface area (Å²) in [4.78, 5) is 7.81. The Morgan fingerprint density at radius 3 is 2.42 bits per heavy atom. The van der Waals surface area contributed by atoms with Crippen molar-refractivity contribution < 1.29 is 14.2 Å². The van der Waals surface area contributed by atoms with E-state index < -0.39 is 0 Å². The molecule has 0 fully saturated rings. The number of methoxy groups -OCH3 is 2. The lowest BCUT2D eigenvalue weighted by atomic mass is 10.2. The summed E-state index contributed by atoms with van der Waals surface area (Å²) in [7, 11) is 3.12. The second-order valence-corrected chi connectivity index (χ2v) is 4.00. The highest BCUT2D eigenvalue weighted by atomic mass is 35.5. The molecule has 0 atom stereocenters. The van der Waals surface area contributed by atoms with Gasteiger partial charge in [-0.1, -0.05) is 23.7 Å².